The molecule has 0 aromatic heterocycles. The quantitative estimate of drug-likeness (QED) is 0.222. The van der Waals surface area contributed by atoms with Gasteiger partial charge in [0, 0.05) is 77.7 Å². The first-order chi connectivity index (χ1) is 17.1. The van der Waals surface area contributed by atoms with Gasteiger partial charge in [-0.25, -0.2) is 0 Å². The van der Waals surface area contributed by atoms with Gasteiger partial charge in [-0.3, -0.25) is 19.8 Å². The molecule has 0 aromatic carbocycles. The van der Waals surface area contributed by atoms with Crippen LogP contribution in [-0.2, 0) is 4.79 Å². The first-order valence-electron chi connectivity index (χ1n) is 13.1. The van der Waals surface area contributed by atoms with Crippen LogP contribution in [-0.4, -0.2) is 130 Å². The van der Waals surface area contributed by atoms with Crippen LogP contribution in [0, 0.1) is 10.8 Å². The average molecular weight is 516 g/mol. The lowest BCUT2D eigenvalue weighted by atomic mass is 9.88. The van der Waals surface area contributed by atoms with Crippen LogP contribution in [0.25, 0.3) is 0 Å². The molecule has 36 heavy (non-hydrogen) atoms. The standard InChI is InChI=1S/C13H26N6.C11H23N5O.4H2/c1-13(2,11-16-5-9-18(11)7-3-14)12-17-6-10-19(12)8-4-15;1-11(2,10(17)15-5-3-12)9-14-6-8-16(9)7-4-13;;;;/h3-10,14-15H2,1-2H3;3-8,12-13H2,1-2H3,(H,15,17);4*1H. The van der Waals surface area contributed by atoms with E-state index in [1.165, 1.54) is 0 Å². The summed E-state index contributed by atoms with van der Waals surface area (Å²) >= 11 is 0. The lowest BCUT2D eigenvalue weighted by molar-refractivity contribution is -0.126. The van der Waals surface area contributed by atoms with Gasteiger partial charge in [-0.1, -0.05) is 0 Å². The van der Waals surface area contributed by atoms with E-state index in [1.54, 1.807) is 0 Å². The number of hydrogen-bond acceptors (Lipinski definition) is 11. The molecule has 214 valence electrons. The van der Waals surface area contributed by atoms with Crippen LogP contribution in [0.3, 0.4) is 0 Å². The monoisotopic (exact) mass is 515 g/mol. The molecular weight excluding hydrogens is 458 g/mol. The second-order valence-electron chi connectivity index (χ2n) is 10.2. The molecule has 3 aliphatic heterocycles. The molecule has 0 radical (unpaired) electrons. The van der Waals surface area contributed by atoms with Crippen molar-refractivity contribution in [3.8, 4) is 0 Å². The first kappa shape index (κ1) is 29.9. The third-order valence-corrected chi connectivity index (χ3v) is 6.66. The van der Waals surface area contributed by atoms with E-state index in [0.717, 1.165) is 76.4 Å². The molecule has 3 heterocycles. The molecule has 3 rings (SSSR count). The molecule has 0 bridgehead atoms. The maximum atomic E-state index is 12.1. The fourth-order valence-corrected chi connectivity index (χ4v) is 4.96. The predicted molar refractivity (Wildman–Crippen MR) is 157 cm³/mol. The highest BCUT2D eigenvalue weighted by molar-refractivity contribution is 6.10. The van der Waals surface area contributed by atoms with Gasteiger partial charge in [-0.05, 0) is 27.7 Å². The Bertz CT molecular complexity index is 791. The van der Waals surface area contributed by atoms with E-state index < -0.39 is 5.41 Å². The molecule has 0 unspecified atom stereocenters. The molecule has 3 aliphatic rings. The minimum absolute atomic E-state index is 0. The number of rotatable bonds is 12. The van der Waals surface area contributed by atoms with E-state index in [1.807, 2.05) is 13.8 Å². The molecule has 9 N–H and O–H groups in total. The molecule has 1 amide bonds. The molecule has 0 fully saturated rings. The number of amides is 1. The zero-order chi connectivity index (χ0) is 26.8. The van der Waals surface area contributed by atoms with E-state index in [2.05, 4.69) is 38.9 Å². The Morgan fingerprint density at radius 3 is 1.53 bits per heavy atom. The SMILES string of the molecule is CC(C)(C(=O)NCCN)C1=NCCN1CCN.CC(C)(C1=NCCN1CCN)C1=NCCN1CCN.[HH].[HH].[HH].[HH]. The Labute approximate surface area is 222 Å². The largest absolute Gasteiger partial charge is 0.356 e. The zero-order valence-electron chi connectivity index (χ0n) is 22.8. The van der Waals surface area contributed by atoms with Gasteiger partial charge in [-0.15, -0.1) is 0 Å². The molecule has 0 atom stereocenters. The Morgan fingerprint density at radius 1 is 0.750 bits per heavy atom. The van der Waals surface area contributed by atoms with Crippen molar-refractivity contribution >= 4 is 23.4 Å². The molecular formula is C24H57N11O. The summed E-state index contributed by atoms with van der Waals surface area (Å²) in [7, 11) is 0. The fraction of sp³-hybridized carbons (Fsp3) is 0.833. The van der Waals surface area contributed by atoms with Crippen LogP contribution < -0.4 is 28.3 Å². The highest BCUT2D eigenvalue weighted by Crippen LogP contribution is 2.29. The van der Waals surface area contributed by atoms with Crippen molar-refractivity contribution in [1.29, 1.82) is 0 Å². The predicted octanol–water partition coefficient (Wildman–Crippen LogP) is -0.897. The summed E-state index contributed by atoms with van der Waals surface area (Å²) in [6.45, 7) is 18.7. The van der Waals surface area contributed by atoms with Crippen LogP contribution in [0.5, 0.6) is 0 Å². The molecule has 12 nitrogen and oxygen atoms in total. The van der Waals surface area contributed by atoms with Crippen molar-refractivity contribution in [3.05, 3.63) is 0 Å². The van der Waals surface area contributed by atoms with E-state index in [0.29, 0.717) is 32.7 Å². The number of hydrogen-bond donors (Lipinski definition) is 5. The van der Waals surface area contributed by atoms with Crippen LogP contribution >= 0.6 is 0 Å². The Hall–Kier alpha value is -2.28. The number of carbonyl (C=O) groups excluding carboxylic acids is 1. The minimum atomic E-state index is -0.624. The van der Waals surface area contributed by atoms with E-state index >= 15 is 0 Å². The van der Waals surface area contributed by atoms with Crippen LogP contribution in [0.15, 0.2) is 15.0 Å². The van der Waals surface area contributed by atoms with E-state index in [9.17, 15) is 4.79 Å². The van der Waals surface area contributed by atoms with Gasteiger partial charge < -0.3 is 43.0 Å². The highest BCUT2D eigenvalue weighted by Gasteiger charge is 2.40. The summed E-state index contributed by atoms with van der Waals surface area (Å²) in [6.07, 6.45) is 0. The second kappa shape index (κ2) is 13.9. The third kappa shape index (κ3) is 7.15. The Kier molecular flexibility index (Phi) is 11.5. The fourth-order valence-electron chi connectivity index (χ4n) is 4.96. The highest BCUT2D eigenvalue weighted by atomic mass is 16.2. The van der Waals surface area contributed by atoms with E-state index in [4.69, 9.17) is 32.9 Å². The zero-order valence-corrected chi connectivity index (χ0v) is 22.8. The first-order valence-corrected chi connectivity index (χ1v) is 13.1. The van der Waals surface area contributed by atoms with Crippen molar-refractivity contribution in [2.75, 3.05) is 91.6 Å². The number of aliphatic imine (C=N–C) groups is 3. The van der Waals surface area contributed by atoms with Gasteiger partial charge in [0.2, 0.25) is 5.91 Å². The lowest BCUT2D eigenvalue weighted by Gasteiger charge is -2.36. The van der Waals surface area contributed by atoms with E-state index in [-0.39, 0.29) is 17.0 Å². The summed E-state index contributed by atoms with van der Waals surface area (Å²) < 4.78 is 0. The van der Waals surface area contributed by atoms with Crippen molar-refractivity contribution in [1.82, 2.24) is 20.0 Å². The summed E-state index contributed by atoms with van der Waals surface area (Å²) in [4.78, 5) is 32.5. The number of nitrogens with one attached hydrogen (secondary N) is 1. The average Bonchev–Trinajstić information content (AvgIpc) is 3.60. The second-order valence-corrected chi connectivity index (χ2v) is 10.2. The van der Waals surface area contributed by atoms with Gasteiger partial charge in [0.15, 0.2) is 0 Å². The molecule has 0 saturated carbocycles. The summed E-state index contributed by atoms with van der Waals surface area (Å²) in [5, 5.41) is 2.81. The molecule has 0 spiro atoms. The molecule has 0 saturated heterocycles. The van der Waals surface area contributed by atoms with Crippen LogP contribution in [0.4, 0.5) is 0 Å². The lowest BCUT2D eigenvalue weighted by Crippen LogP contribution is -2.50. The Morgan fingerprint density at radius 2 is 1.14 bits per heavy atom. The number of carbonyl (C=O) groups is 1. The summed E-state index contributed by atoms with van der Waals surface area (Å²) in [5.74, 6) is 3.05. The van der Waals surface area contributed by atoms with Crippen LogP contribution in [0.1, 0.15) is 33.4 Å². The normalized spacial score (nSPS) is 18.1. The maximum absolute atomic E-state index is 12.1. The summed E-state index contributed by atoms with van der Waals surface area (Å²) in [5.41, 5.74) is 21.5. The topological polar surface area (TPSA) is 180 Å². The van der Waals surface area contributed by atoms with Crippen molar-refractivity contribution in [3.63, 3.8) is 0 Å². The Balaban J connectivity index is -0.000000626. The van der Waals surface area contributed by atoms with Gasteiger partial charge in [-0.2, -0.15) is 0 Å². The van der Waals surface area contributed by atoms with Crippen molar-refractivity contribution < 1.29 is 10.5 Å². The van der Waals surface area contributed by atoms with Gasteiger partial charge in [0.25, 0.3) is 0 Å². The van der Waals surface area contributed by atoms with Gasteiger partial charge in [0.1, 0.15) is 22.9 Å². The molecule has 0 aliphatic carbocycles. The molecule has 12 heteroatoms. The summed E-state index contributed by atoms with van der Waals surface area (Å²) in [6, 6.07) is 0. The van der Waals surface area contributed by atoms with Crippen molar-refractivity contribution in [2.45, 2.75) is 27.7 Å². The van der Waals surface area contributed by atoms with Crippen LogP contribution in [0.2, 0.25) is 0 Å². The van der Waals surface area contributed by atoms with Gasteiger partial charge >= 0.3 is 0 Å². The van der Waals surface area contributed by atoms with Crippen molar-refractivity contribution in [2.24, 2.45) is 48.7 Å². The number of nitrogens with zero attached hydrogens (tertiary/aromatic N) is 6. The maximum Gasteiger partial charge on any atom is 0.233 e. The number of amidine groups is 3. The minimum Gasteiger partial charge on any atom is -0.356 e. The van der Waals surface area contributed by atoms with Gasteiger partial charge in [0.05, 0.1) is 25.0 Å². The number of nitrogens with two attached hydrogens (primary N) is 4. The third-order valence-electron chi connectivity index (χ3n) is 6.66. The molecule has 0 aromatic rings. The smallest absolute Gasteiger partial charge is 0.233 e.